The first-order valence-corrected chi connectivity index (χ1v) is 7.85. The minimum Gasteiger partial charge on any atom is -0.349 e. The van der Waals surface area contributed by atoms with Gasteiger partial charge in [0, 0.05) is 31.5 Å². The van der Waals surface area contributed by atoms with Gasteiger partial charge in [0.15, 0.2) is 0 Å². The van der Waals surface area contributed by atoms with Crippen molar-refractivity contribution in [2.24, 2.45) is 17.6 Å². The van der Waals surface area contributed by atoms with Crippen LogP contribution in [0.4, 0.5) is 0 Å². The molecule has 1 heterocycles. The molecule has 18 heavy (non-hydrogen) atoms. The van der Waals surface area contributed by atoms with E-state index in [1.165, 1.54) is 0 Å². The summed E-state index contributed by atoms with van der Waals surface area (Å²) in [5.74, 6) is 1.15. The van der Waals surface area contributed by atoms with Gasteiger partial charge in [0.1, 0.15) is 0 Å². The van der Waals surface area contributed by atoms with E-state index in [1.807, 2.05) is 11.5 Å². The molecular formula is C12H21N3O2S. The number of rotatable bonds is 6. The summed E-state index contributed by atoms with van der Waals surface area (Å²) in [4.78, 5) is 0.318. The molecule has 1 saturated carbocycles. The molecule has 1 aromatic heterocycles. The van der Waals surface area contributed by atoms with E-state index in [9.17, 15) is 8.42 Å². The van der Waals surface area contributed by atoms with Crippen molar-refractivity contribution in [3.8, 4) is 0 Å². The first kappa shape index (κ1) is 13.6. The van der Waals surface area contributed by atoms with Crippen LogP contribution in [0.5, 0.6) is 0 Å². The molecule has 2 atom stereocenters. The topological polar surface area (TPSA) is 77.1 Å². The van der Waals surface area contributed by atoms with Crippen LogP contribution in [0.3, 0.4) is 0 Å². The van der Waals surface area contributed by atoms with Gasteiger partial charge in [-0.05, 0) is 31.2 Å². The Labute approximate surface area is 108 Å². The van der Waals surface area contributed by atoms with Crippen molar-refractivity contribution in [2.45, 2.75) is 38.3 Å². The number of hydrogen-bond donors (Lipinski definition) is 2. The SMILES string of the molecule is CCn1cc(S(=O)(=O)NCC2CC2C)cc1CN. The van der Waals surface area contributed by atoms with Crippen LogP contribution in [-0.4, -0.2) is 19.5 Å². The number of sulfonamides is 1. The molecule has 0 saturated heterocycles. The molecule has 0 aromatic carbocycles. The summed E-state index contributed by atoms with van der Waals surface area (Å²) < 4.78 is 28.8. The number of nitrogens with one attached hydrogen (secondary N) is 1. The normalized spacial score (nSPS) is 23.3. The molecule has 0 aliphatic heterocycles. The molecule has 1 aliphatic rings. The van der Waals surface area contributed by atoms with Gasteiger partial charge < -0.3 is 10.3 Å². The van der Waals surface area contributed by atoms with Crippen LogP contribution >= 0.6 is 0 Å². The quantitative estimate of drug-likeness (QED) is 0.807. The second-order valence-corrected chi connectivity index (χ2v) is 6.75. The molecule has 102 valence electrons. The van der Waals surface area contributed by atoms with Gasteiger partial charge in [-0.1, -0.05) is 6.92 Å². The third-order valence-electron chi connectivity index (χ3n) is 3.63. The van der Waals surface area contributed by atoms with Gasteiger partial charge in [-0.2, -0.15) is 0 Å². The standard InChI is InChI=1S/C12H21N3O2S/c1-3-15-8-12(5-11(15)6-13)18(16,17)14-7-10-4-9(10)2/h5,8-10,14H,3-4,6-7,13H2,1-2H3. The van der Waals surface area contributed by atoms with E-state index in [2.05, 4.69) is 11.6 Å². The fourth-order valence-electron chi connectivity index (χ4n) is 2.12. The minimum absolute atomic E-state index is 0.318. The van der Waals surface area contributed by atoms with Crippen LogP contribution in [-0.2, 0) is 23.1 Å². The van der Waals surface area contributed by atoms with Crippen molar-refractivity contribution >= 4 is 10.0 Å². The molecule has 5 nitrogen and oxygen atoms in total. The zero-order valence-electron chi connectivity index (χ0n) is 10.9. The number of aryl methyl sites for hydroxylation is 1. The third-order valence-corrected chi connectivity index (χ3v) is 5.02. The average Bonchev–Trinajstić information content (AvgIpc) is 2.89. The monoisotopic (exact) mass is 271 g/mol. The Kier molecular flexibility index (Phi) is 3.79. The lowest BCUT2D eigenvalue weighted by atomic mass is 10.3. The van der Waals surface area contributed by atoms with Crippen LogP contribution < -0.4 is 10.5 Å². The van der Waals surface area contributed by atoms with Crippen LogP contribution in [0.1, 0.15) is 26.0 Å². The highest BCUT2D eigenvalue weighted by Gasteiger charge is 2.33. The molecule has 0 radical (unpaired) electrons. The summed E-state index contributed by atoms with van der Waals surface area (Å²) in [5, 5.41) is 0. The van der Waals surface area contributed by atoms with Gasteiger partial charge in [-0.3, -0.25) is 0 Å². The zero-order chi connectivity index (χ0) is 13.3. The number of nitrogens with two attached hydrogens (primary N) is 1. The fraction of sp³-hybridized carbons (Fsp3) is 0.667. The number of hydrogen-bond acceptors (Lipinski definition) is 3. The average molecular weight is 271 g/mol. The van der Waals surface area contributed by atoms with Gasteiger partial charge in [0.25, 0.3) is 0 Å². The largest absolute Gasteiger partial charge is 0.349 e. The smallest absolute Gasteiger partial charge is 0.242 e. The van der Waals surface area contributed by atoms with Crippen molar-refractivity contribution in [3.63, 3.8) is 0 Å². The van der Waals surface area contributed by atoms with E-state index < -0.39 is 10.0 Å². The molecule has 0 spiro atoms. The number of aromatic nitrogens is 1. The first-order valence-electron chi connectivity index (χ1n) is 6.36. The summed E-state index contributed by atoms with van der Waals surface area (Å²) >= 11 is 0. The van der Waals surface area contributed by atoms with Crippen molar-refractivity contribution < 1.29 is 8.42 Å². The maximum Gasteiger partial charge on any atom is 0.242 e. The summed E-state index contributed by atoms with van der Waals surface area (Å²) in [6, 6.07) is 1.65. The first-order chi connectivity index (χ1) is 8.47. The Morgan fingerprint density at radius 1 is 1.56 bits per heavy atom. The van der Waals surface area contributed by atoms with Crippen LogP contribution in [0, 0.1) is 11.8 Å². The lowest BCUT2D eigenvalue weighted by molar-refractivity contribution is 0.574. The molecule has 0 bridgehead atoms. The van der Waals surface area contributed by atoms with Gasteiger partial charge in [0.2, 0.25) is 10.0 Å². The Hall–Kier alpha value is -0.850. The second kappa shape index (κ2) is 5.03. The Morgan fingerprint density at radius 2 is 2.22 bits per heavy atom. The lowest BCUT2D eigenvalue weighted by Crippen LogP contribution is -2.25. The van der Waals surface area contributed by atoms with Crippen molar-refractivity contribution in [1.29, 1.82) is 0 Å². The van der Waals surface area contributed by atoms with Crippen LogP contribution in [0.15, 0.2) is 17.2 Å². The molecule has 1 fully saturated rings. The minimum atomic E-state index is -3.39. The van der Waals surface area contributed by atoms with Crippen LogP contribution in [0.25, 0.3) is 0 Å². The van der Waals surface area contributed by atoms with Gasteiger partial charge >= 0.3 is 0 Å². The van der Waals surface area contributed by atoms with Gasteiger partial charge in [-0.25, -0.2) is 13.1 Å². The fourth-order valence-corrected chi connectivity index (χ4v) is 3.28. The Bertz CT molecular complexity index is 500. The predicted molar refractivity (Wildman–Crippen MR) is 70.5 cm³/mol. The summed E-state index contributed by atoms with van der Waals surface area (Å²) in [5.41, 5.74) is 6.44. The van der Waals surface area contributed by atoms with Crippen molar-refractivity contribution in [3.05, 3.63) is 18.0 Å². The molecule has 0 amide bonds. The zero-order valence-corrected chi connectivity index (χ0v) is 11.7. The van der Waals surface area contributed by atoms with E-state index >= 15 is 0 Å². The van der Waals surface area contributed by atoms with Crippen LogP contribution in [0.2, 0.25) is 0 Å². The second-order valence-electron chi connectivity index (χ2n) is 4.98. The summed E-state index contributed by atoms with van der Waals surface area (Å²) in [6.07, 6.45) is 2.77. The third kappa shape index (κ3) is 2.76. The maximum absolute atomic E-state index is 12.1. The molecular weight excluding hydrogens is 250 g/mol. The lowest BCUT2D eigenvalue weighted by Gasteiger charge is -2.03. The van der Waals surface area contributed by atoms with Gasteiger partial charge in [0.05, 0.1) is 4.90 Å². The van der Waals surface area contributed by atoms with E-state index in [0.717, 1.165) is 18.7 Å². The molecule has 6 heteroatoms. The Balaban J connectivity index is 2.10. The van der Waals surface area contributed by atoms with E-state index in [0.29, 0.717) is 29.8 Å². The summed E-state index contributed by atoms with van der Waals surface area (Å²) in [7, 11) is -3.39. The predicted octanol–water partition coefficient (Wildman–Crippen LogP) is 0.901. The van der Waals surface area contributed by atoms with E-state index in [-0.39, 0.29) is 0 Å². The highest BCUT2D eigenvalue weighted by molar-refractivity contribution is 7.89. The van der Waals surface area contributed by atoms with E-state index in [4.69, 9.17) is 5.73 Å². The summed E-state index contributed by atoms with van der Waals surface area (Å²) in [6.45, 7) is 5.72. The van der Waals surface area contributed by atoms with Gasteiger partial charge in [-0.15, -0.1) is 0 Å². The van der Waals surface area contributed by atoms with E-state index in [1.54, 1.807) is 12.3 Å². The van der Waals surface area contributed by atoms with Crippen molar-refractivity contribution in [2.75, 3.05) is 6.54 Å². The Morgan fingerprint density at radius 3 is 2.67 bits per heavy atom. The highest BCUT2D eigenvalue weighted by atomic mass is 32.2. The number of nitrogens with zero attached hydrogens (tertiary/aromatic N) is 1. The maximum atomic E-state index is 12.1. The molecule has 1 aliphatic carbocycles. The molecule has 2 rings (SSSR count). The van der Waals surface area contributed by atoms with Crippen molar-refractivity contribution in [1.82, 2.24) is 9.29 Å². The highest BCUT2D eigenvalue weighted by Crippen LogP contribution is 2.37. The molecule has 1 aromatic rings. The molecule has 3 N–H and O–H groups in total. The molecule has 2 unspecified atom stereocenters.